The van der Waals surface area contributed by atoms with Crippen molar-refractivity contribution in [3.05, 3.63) is 17.7 Å². The molecule has 84 valence electrons. The molecule has 1 rings (SSSR count). The van der Waals surface area contributed by atoms with E-state index in [1.165, 1.54) is 6.20 Å². The third-order valence-electron chi connectivity index (χ3n) is 1.96. The fraction of sp³-hybridized carbons (Fsp3) is 0.600. The number of imidazole rings is 1. The van der Waals surface area contributed by atoms with Gasteiger partial charge in [0.2, 0.25) is 0 Å². The first-order chi connectivity index (χ1) is 7.20. The zero-order chi connectivity index (χ0) is 11.3. The smallest absolute Gasteiger partial charge is 0.356 e. The van der Waals surface area contributed by atoms with Crippen LogP contribution in [0.1, 0.15) is 30.2 Å². The summed E-state index contributed by atoms with van der Waals surface area (Å²) >= 11 is 0. The molecule has 0 aliphatic heterocycles. The maximum atomic E-state index is 11.5. The monoisotopic (exact) mass is 212 g/mol. The molecule has 0 aliphatic rings. The van der Waals surface area contributed by atoms with Gasteiger partial charge in [0.15, 0.2) is 0 Å². The normalized spacial score (nSPS) is 10.3. The lowest BCUT2D eigenvalue weighted by molar-refractivity contribution is 0.0471. The second-order valence-electron chi connectivity index (χ2n) is 2.96. The van der Waals surface area contributed by atoms with Gasteiger partial charge in [0, 0.05) is 6.61 Å². The van der Waals surface area contributed by atoms with Gasteiger partial charge in [-0.25, -0.2) is 9.78 Å². The summed E-state index contributed by atoms with van der Waals surface area (Å²) in [6.07, 6.45) is 1.51. The molecule has 1 aromatic rings. The van der Waals surface area contributed by atoms with Crippen molar-refractivity contribution in [2.24, 2.45) is 0 Å². The number of carbonyl (C=O) groups excluding carboxylic acids is 1. The summed E-state index contributed by atoms with van der Waals surface area (Å²) < 4.78 is 11.8. The van der Waals surface area contributed by atoms with E-state index < -0.39 is 0 Å². The Balaban J connectivity index is 2.82. The van der Waals surface area contributed by atoms with Crippen LogP contribution in [0.25, 0.3) is 0 Å². The van der Waals surface area contributed by atoms with Crippen LogP contribution < -0.4 is 0 Å². The minimum atomic E-state index is -0.363. The van der Waals surface area contributed by atoms with Crippen LogP contribution in [0.5, 0.6) is 0 Å². The molecule has 0 radical (unpaired) electrons. The minimum Gasteiger partial charge on any atom is -0.461 e. The van der Waals surface area contributed by atoms with Crippen molar-refractivity contribution in [1.82, 2.24) is 9.55 Å². The van der Waals surface area contributed by atoms with Crippen LogP contribution >= 0.6 is 0 Å². The molecule has 0 aliphatic carbocycles. The van der Waals surface area contributed by atoms with E-state index in [2.05, 4.69) is 4.98 Å². The van der Waals surface area contributed by atoms with Gasteiger partial charge in [-0.2, -0.15) is 0 Å². The Hall–Kier alpha value is -1.36. The molecule has 1 aromatic heterocycles. The first-order valence-electron chi connectivity index (χ1n) is 4.97. The predicted molar refractivity (Wildman–Crippen MR) is 54.5 cm³/mol. The third-order valence-corrected chi connectivity index (χ3v) is 1.96. The van der Waals surface area contributed by atoms with Crippen LogP contribution in [-0.4, -0.2) is 28.7 Å². The van der Waals surface area contributed by atoms with Crippen LogP contribution in [0.3, 0.4) is 0 Å². The van der Waals surface area contributed by atoms with Gasteiger partial charge in [0.1, 0.15) is 18.2 Å². The summed E-state index contributed by atoms with van der Waals surface area (Å²) in [5, 5.41) is 0. The number of hydrogen-bond acceptors (Lipinski definition) is 4. The van der Waals surface area contributed by atoms with Crippen molar-refractivity contribution in [1.29, 1.82) is 0 Å². The van der Waals surface area contributed by atoms with Gasteiger partial charge < -0.3 is 9.47 Å². The van der Waals surface area contributed by atoms with E-state index in [1.807, 2.05) is 13.8 Å². The first kappa shape index (κ1) is 11.7. The minimum absolute atomic E-state index is 0.330. The van der Waals surface area contributed by atoms with Gasteiger partial charge in [-0.15, -0.1) is 0 Å². The van der Waals surface area contributed by atoms with Crippen LogP contribution in [0.4, 0.5) is 0 Å². The summed E-state index contributed by atoms with van der Waals surface area (Å²) in [5.74, 6) is 0.379. The van der Waals surface area contributed by atoms with Gasteiger partial charge in [0.05, 0.1) is 12.8 Å². The highest BCUT2D eigenvalue weighted by atomic mass is 16.5. The number of rotatable bonds is 5. The Morgan fingerprint density at radius 1 is 1.47 bits per heavy atom. The lowest BCUT2D eigenvalue weighted by Crippen LogP contribution is -2.14. The SMILES string of the molecule is CCOCn1c(C(=O)OCC)cnc1C. The van der Waals surface area contributed by atoms with Crippen LogP contribution in [0, 0.1) is 6.92 Å². The van der Waals surface area contributed by atoms with Crippen LogP contribution in [0.15, 0.2) is 6.20 Å². The summed E-state index contributed by atoms with van der Waals surface area (Å²) in [4.78, 5) is 15.6. The van der Waals surface area contributed by atoms with Gasteiger partial charge in [0.25, 0.3) is 0 Å². The average molecular weight is 212 g/mol. The number of carbonyl (C=O) groups is 1. The van der Waals surface area contributed by atoms with Crippen molar-refractivity contribution in [2.45, 2.75) is 27.5 Å². The number of ether oxygens (including phenoxy) is 2. The van der Waals surface area contributed by atoms with E-state index in [9.17, 15) is 4.79 Å². The standard InChI is InChI=1S/C10H16N2O3/c1-4-14-7-12-8(3)11-6-9(12)10(13)15-5-2/h6H,4-5,7H2,1-3H3. The molecule has 5 heteroatoms. The van der Waals surface area contributed by atoms with Gasteiger partial charge in [-0.05, 0) is 20.8 Å². The van der Waals surface area contributed by atoms with E-state index in [0.717, 1.165) is 5.82 Å². The second-order valence-corrected chi connectivity index (χ2v) is 2.96. The van der Waals surface area contributed by atoms with Crippen molar-refractivity contribution in [3.63, 3.8) is 0 Å². The highest BCUT2D eigenvalue weighted by Gasteiger charge is 2.14. The molecular formula is C10H16N2O3. The number of esters is 1. The maximum Gasteiger partial charge on any atom is 0.356 e. The fourth-order valence-corrected chi connectivity index (χ4v) is 1.18. The van der Waals surface area contributed by atoms with Crippen LogP contribution in [-0.2, 0) is 16.2 Å². The third kappa shape index (κ3) is 2.79. The lowest BCUT2D eigenvalue weighted by Gasteiger charge is -2.08. The van der Waals surface area contributed by atoms with E-state index in [-0.39, 0.29) is 5.97 Å². The first-order valence-corrected chi connectivity index (χ1v) is 4.97. The molecule has 0 saturated carbocycles. The molecule has 0 unspecified atom stereocenters. The van der Waals surface area contributed by atoms with Gasteiger partial charge >= 0.3 is 5.97 Å². The Labute approximate surface area is 89.0 Å². The summed E-state index contributed by atoms with van der Waals surface area (Å²) in [5.41, 5.74) is 0.433. The van der Waals surface area contributed by atoms with E-state index in [4.69, 9.17) is 9.47 Å². The second kappa shape index (κ2) is 5.50. The van der Waals surface area contributed by atoms with Crippen molar-refractivity contribution < 1.29 is 14.3 Å². The number of aromatic nitrogens is 2. The number of nitrogens with zero attached hydrogens (tertiary/aromatic N) is 2. The molecular weight excluding hydrogens is 196 g/mol. The Morgan fingerprint density at radius 3 is 2.80 bits per heavy atom. The average Bonchev–Trinajstić information content (AvgIpc) is 2.57. The molecule has 1 heterocycles. The van der Waals surface area contributed by atoms with Crippen molar-refractivity contribution in [2.75, 3.05) is 13.2 Å². The van der Waals surface area contributed by atoms with Gasteiger partial charge in [-0.1, -0.05) is 0 Å². The molecule has 0 saturated heterocycles. The molecule has 0 amide bonds. The zero-order valence-electron chi connectivity index (χ0n) is 9.32. The van der Waals surface area contributed by atoms with Gasteiger partial charge in [-0.3, -0.25) is 4.57 Å². The molecule has 0 N–H and O–H groups in total. The topological polar surface area (TPSA) is 53.4 Å². The molecule has 0 fully saturated rings. The molecule has 0 aromatic carbocycles. The van der Waals surface area contributed by atoms with E-state index in [0.29, 0.717) is 25.6 Å². The maximum absolute atomic E-state index is 11.5. The highest BCUT2D eigenvalue weighted by molar-refractivity contribution is 5.87. The Bertz CT molecular complexity index is 333. The Morgan fingerprint density at radius 2 is 2.20 bits per heavy atom. The highest BCUT2D eigenvalue weighted by Crippen LogP contribution is 2.06. The summed E-state index contributed by atoms with van der Waals surface area (Å²) in [6, 6.07) is 0. The molecule has 0 atom stereocenters. The summed E-state index contributed by atoms with van der Waals surface area (Å²) in [6.45, 7) is 6.78. The molecule has 0 bridgehead atoms. The van der Waals surface area contributed by atoms with E-state index in [1.54, 1.807) is 11.5 Å². The fourth-order valence-electron chi connectivity index (χ4n) is 1.18. The predicted octanol–water partition coefficient (Wildman–Crippen LogP) is 1.36. The summed E-state index contributed by atoms with van der Waals surface area (Å²) in [7, 11) is 0. The Kier molecular flexibility index (Phi) is 4.30. The largest absolute Gasteiger partial charge is 0.461 e. The lowest BCUT2D eigenvalue weighted by atomic mass is 10.5. The molecule has 15 heavy (non-hydrogen) atoms. The quantitative estimate of drug-likeness (QED) is 0.691. The zero-order valence-corrected chi connectivity index (χ0v) is 9.32. The number of hydrogen-bond donors (Lipinski definition) is 0. The van der Waals surface area contributed by atoms with Crippen LogP contribution in [0.2, 0.25) is 0 Å². The van der Waals surface area contributed by atoms with Crippen molar-refractivity contribution in [3.8, 4) is 0 Å². The number of aryl methyl sites for hydroxylation is 1. The molecule has 0 spiro atoms. The van der Waals surface area contributed by atoms with E-state index >= 15 is 0 Å². The van der Waals surface area contributed by atoms with Crippen molar-refractivity contribution >= 4 is 5.97 Å². The molecule has 5 nitrogen and oxygen atoms in total.